The van der Waals surface area contributed by atoms with E-state index in [-0.39, 0.29) is 16.6 Å². The second kappa shape index (κ2) is 4.87. The molecule has 0 bridgehead atoms. The number of aryl methyl sites for hydroxylation is 1. The van der Waals surface area contributed by atoms with Gasteiger partial charge in [-0.25, -0.2) is 0 Å². The van der Waals surface area contributed by atoms with Crippen LogP contribution in [-0.4, -0.2) is 9.56 Å². The summed E-state index contributed by atoms with van der Waals surface area (Å²) in [5, 5.41) is 0. The summed E-state index contributed by atoms with van der Waals surface area (Å²) in [6.45, 7) is 2.05. The Balaban J connectivity index is 2.21. The molecular weight excluding hydrogens is 268 g/mol. The SMILES string of the molecule is Cc1ccc(-c2ccc(C(N)=S)c(=O)n2C2CC2)cc1. The van der Waals surface area contributed by atoms with Gasteiger partial charge < -0.3 is 10.3 Å². The van der Waals surface area contributed by atoms with Crippen LogP contribution in [0.15, 0.2) is 41.2 Å². The summed E-state index contributed by atoms with van der Waals surface area (Å²) >= 11 is 4.96. The van der Waals surface area contributed by atoms with Gasteiger partial charge in [-0.3, -0.25) is 4.79 Å². The van der Waals surface area contributed by atoms with E-state index in [1.807, 2.05) is 29.7 Å². The smallest absolute Gasteiger partial charge is 0.261 e. The molecule has 3 nitrogen and oxygen atoms in total. The summed E-state index contributed by atoms with van der Waals surface area (Å²) in [7, 11) is 0. The molecule has 2 aromatic rings. The van der Waals surface area contributed by atoms with Crippen LogP contribution in [0, 0.1) is 6.92 Å². The van der Waals surface area contributed by atoms with Crippen molar-refractivity contribution in [2.75, 3.05) is 0 Å². The van der Waals surface area contributed by atoms with Gasteiger partial charge in [-0.15, -0.1) is 0 Å². The van der Waals surface area contributed by atoms with Gasteiger partial charge in [-0.2, -0.15) is 0 Å². The molecule has 1 aliphatic carbocycles. The van der Waals surface area contributed by atoms with Crippen molar-refractivity contribution in [3.05, 3.63) is 57.9 Å². The van der Waals surface area contributed by atoms with Crippen LogP contribution in [-0.2, 0) is 0 Å². The molecule has 0 amide bonds. The molecule has 1 fully saturated rings. The molecule has 1 heterocycles. The van der Waals surface area contributed by atoms with Crippen LogP contribution in [0.5, 0.6) is 0 Å². The zero-order valence-electron chi connectivity index (χ0n) is 11.3. The summed E-state index contributed by atoms with van der Waals surface area (Å²) in [5.41, 5.74) is 9.19. The van der Waals surface area contributed by atoms with Gasteiger partial charge in [0.2, 0.25) is 0 Å². The largest absolute Gasteiger partial charge is 0.389 e. The molecule has 0 atom stereocenters. The van der Waals surface area contributed by atoms with E-state index in [1.165, 1.54) is 5.56 Å². The molecule has 0 radical (unpaired) electrons. The Kier molecular flexibility index (Phi) is 3.18. The predicted octanol–water partition coefficient (Wildman–Crippen LogP) is 2.79. The topological polar surface area (TPSA) is 48.0 Å². The first kappa shape index (κ1) is 13.1. The molecule has 0 saturated heterocycles. The van der Waals surface area contributed by atoms with E-state index >= 15 is 0 Å². The maximum Gasteiger partial charge on any atom is 0.261 e. The van der Waals surface area contributed by atoms with Crippen LogP contribution >= 0.6 is 12.2 Å². The molecule has 102 valence electrons. The van der Waals surface area contributed by atoms with E-state index < -0.39 is 0 Å². The van der Waals surface area contributed by atoms with Gasteiger partial charge in [-0.05, 0) is 37.5 Å². The standard InChI is InChI=1S/C16H16N2OS/c1-10-2-4-11(5-3-10)14-9-8-13(15(17)20)16(19)18(14)12-6-7-12/h2-5,8-9,12H,6-7H2,1H3,(H2,17,20). The number of nitrogens with zero attached hydrogens (tertiary/aromatic N) is 1. The van der Waals surface area contributed by atoms with Crippen molar-refractivity contribution in [3.63, 3.8) is 0 Å². The minimum Gasteiger partial charge on any atom is -0.389 e. The van der Waals surface area contributed by atoms with Crippen molar-refractivity contribution in [1.29, 1.82) is 0 Å². The predicted molar refractivity (Wildman–Crippen MR) is 85.0 cm³/mol. The lowest BCUT2D eigenvalue weighted by atomic mass is 10.1. The van der Waals surface area contributed by atoms with E-state index in [4.69, 9.17) is 18.0 Å². The number of pyridine rings is 1. The first-order valence-electron chi connectivity index (χ1n) is 6.70. The molecule has 0 spiro atoms. The first-order valence-corrected chi connectivity index (χ1v) is 7.11. The van der Waals surface area contributed by atoms with Crippen molar-refractivity contribution in [1.82, 2.24) is 4.57 Å². The Hall–Kier alpha value is -1.94. The highest BCUT2D eigenvalue weighted by molar-refractivity contribution is 7.80. The second-order valence-corrected chi connectivity index (χ2v) is 5.71. The fourth-order valence-corrected chi connectivity index (χ4v) is 2.55. The van der Waals surface area contributed by atoms with Crippen molar-refractivity contribution >= 4 is 17.2 Å². The fraction of sp³-hybridized carbons (Fsp3) is 0.250. The zero-order valence-corrected chi connectivity index (χ0v) is 12.1. The second-order valence-electron chi connectivity index (χ2n) is 5.27. The molecule has 1 aromatic heterocycles. The zero-order chi connectivity index (χ0) is 14.3. The van der Waals surface area contributed by atoms with Crippen LogP contribution in [0.25, 0.3) is 11.3 Å². The molecular formula is C16H16N2OS. The lowest BCUT2D eigenvalue weighted by molar-refractivity contribution is 0.714. The fourth-order valence-electron chi connectivity index (χ4n) is 2.40. The summed E-state index contributed by atoms with van der Waals surface area (Å²) < 4.78 is 1.85. The highest BCUT2D eigenvalue weighted by Crippen LogP contribution is 2.37. The molecule has 20 heavy (non-hydrogen) atoms. The summed E-state index contributed by atoms with van der Waals surface area (Å²) in [6.07, 6.45) is 2.08. The maximum absolute atomic E-state index is 12.5. The lowest BCUT2D eigenvalue weighted by Gasteiger charge is -2.14. The molecule has 1 aliphatic rings. The summed E-state index contributed by atoms with van der Waals surface area (Å²) in [5.74, 6) is 0. The van der Waals surface area contributed by atoms with Crippen LogP contribution < -0.4 is 11.3 Å². The van der Waals surface area contributed by atoms with E-state index in [1.54, 1.807) is 6.07 Å². The van der Waals surface area contributed by atoms with Crippen molar-refractivity contribution in [3.8, 4) is 11.3 Å². The molecule has 3 rings (SSSR count). The number of hydrogen-bond acceptors (Lipinski definition) is 2. The third kappa shape index (κ3) is 2.27. The van der Waals surface area contributed by atoms with E-state index in [9.17, 15) is 4.79 Å². The molecule has 0 aliphatic heterocycles. The molecule has 2 N–H and O–H groups in total. The number of benzene rings is 1. The minimum atomic E-state index is -0.0712. The Labute approximate surface area is 123 Å². The van der Waals surface area contributed by atoms with Gasteiger partial charge in [0.15, 0.2) is 0 Å². The third-order valence-corrected chi connectivity index (χ3v) is 3.86. The Morgan fingerprint density at radius 2 is 1.85 bits per heavy atom. The quantitative estimate of drug-likeness (QED) is 0.882. The number of aromatic nitrogens is 1. The maximum atomic E-state index is 12.5. The molecule has 4 heteroatoms. The van der Waals surface area contributed by atoms with E-state index in [0.29, 0.717) is 5.56 Å². The first-order chi connectivity index (χ1) is 9.58. The van der Waals surface area contributed by atoms with Crippen molar-refractivity contribution in [2.24, 2.45) is 5.73 Å². The van der Waals surface area contributed by atoms with Crippen LogP contribution in [0.3, 0.4) is 0 Å². The van der Waals surface area contributed by atoms with Gasteiger partial charge in [0.25, 0.3) is 5.56 Å². The Bertz CT molecular complexity index is 727. The lowest BCUT2D eigenvalue weighted by Crippen LogP contribution is -2.29. The van der Waals surface area contributed by atoms with Crippen molar-refractivity contribution in [2.45, 2.75) is 25.8 Å². The molecule has 0 unspecified atom stereocenters. The highest BCUT2D eigenvalue weighted by Gasteiger charge is 2.28. The van der Waals surface area contributed by atoms with E-state index in [0.717, 1.165) is 24.1 Å². The van der Waals surface area contributed by atoms with Gasteiger partial charge in [0.1, 0.15) is 4.99 Å². The normalized spacial score (nSPS) is 14.2. The Morgan fingerprint density at radius 1 is 1.20 bits per heavy atom. The van der Waals surface area contributed by atoms with Gasteiger partial charge in [0.05, 0.1) is 11.3 Å². The van der Waals surface area contributed by atoms with Gasteiger partial charge >= 0.3 is 0 Å². The van der Waals surface area contributed by atoms with Crippen LogP contribution in [0.1, 0.15) is 30.0 Å². The van der Waals surface area contributed by atoms with Gasteiger partial charge in [-0.1, -0.05) is 42.0 Å². The number of nitrogens with two attached hydrogens (primary N) is 1. The Morgan fingerprint density at radius 3 is 2.40 bits per heavy atom. The minimum absolute atomic E-state index is 0.0712. The molecule has 1 saturated carbocycles. The molecule has 1 aromatic carbocycles. The average Bonchev–Trinajstić information content (AvgIpc) is 3.23. The van der Waals surface area contributed by atoms with Gasteiger partial charge in [0, 0.05) is 6.04 Å². The van der Waals surface area contributed by atoms with Crippen LogP contribution in [0.4, 0.5) is 0 Å². The van der Waals surface area contributed by atoms with E-state index in [2.05, 4.69) is 12.1 Å². The number of hydrogen-bond donors (Lipinski definition) is 1. The number of thiocarbonyl (C=S) groups is 1. The number of rotatable bonds is 3. The monoisotopic (exact) mass is 284 g/mol. The van der Waals surface area contributed by atoms with Crippen molar-refractivity contribution < 1.29 is 0 Å². The average molecular weight is 284 g/mol. The summed E-state index contributed by atoms with van der Waals surface area (Å²) in [4.78, 5) is 12.7. The van der Waals surface area contributed by atoms with Crippen LogP contribution in [0.2, 0.25) is 0 Å². The summed E-state index contributed by atoms with van der Waals surface area (Å²) in [6, 6.07) is 12.2. The third-order valence-electron chi connectivity index (χ3n) is 3.64. The highest BCUT2D eigenvalue weighted by atomic mass is 32.1.